The van der Waals surface area contributed by atoms with E-state index in [9.17, 15) is 13.6 Å². The number of ether oxygens (including phenoxy) is 1. The van der Waals surface area contributed by atoms with Crippen molar-refractivity contribution in [2.24, 2.45) is 0 Å². The van der Waals surface area contributed by atoms with Crippen molar-refractivity contribution < 1.29 is 18.3 Å². The average Bonchev–Trinajstić information content (AvgIpc) is 2.81. The largest absolute Gasteiger partial charge is 0.755 e. The first-order valence-corrected chi connectivity index (χ1v) is 5.79. The minimum atomic E-state index is -2.71. The van der Waals surface area contributed by atoms with Gasteiger partial charge in [-0.2, -0.15) is 5.26 Å². The fourth-order valence-electron chi connectivity index (χ4n) is 1.12. The summed E-state index contributed by atoms with van der Waals surface area (Å²) >= 11 is -2.71. The van der Waals surface area contributed by atoms with Crippen molar-refractivity contribution in [1.29, 1.82) is 5.26 Å². The summed E-state index contributed by atoms with van der Waals surface area (Å²) in [5.74, 6) is 0. The second kappa shape index (κ2) is 4.03. The van der Waals surface area contributed by atoms with Crippen molar-refractivity contribution >= 4 is 17.4 Å². The lowest BCUT2D eigenvalue weighted by Crippen LogP contribution is -2.47. The van der Waals surface area contributed by atoms with E-state index in [0.29, 0.717) is 17.1 Å². The van der Waals surface area contributed by atoms with Crippen LogP contribution in [0.5, 0.6) is 0 Å². The molecule has 1 saturated carbocycles. The molecule has 16 heavy (non-hydrogen) atoms. The Hall–Kier alpha value is -1.13. The van der Waals surface area contributed by atoms with E-state index >= 15 is 0 Å². The third-order valence-corrected chi connectivity index (χ3v) is 3.11. The van der Waals surface area contributed by atoms with Gasteiger partial charge in [-0.25, -0.2) is 9.10 Å². The number of amides is 1. The van der Waals surface area contributed by atoms with Crippen LogP contribution in [0.3, 0.4) is 0 Å². The molecule has 1 fully saturated rings. The van der Waals surface area contributed by atoms with Gasteiger partial charge in [-0.05, 0) is 20.8 Å². The van der Waals surface area contributed by atoms with Crippen LogP contribution in [0, 0.1) is 11.3 Å². The third-order valence-electron chi connectivity index (χ3n) is 2.11. The predicted molar refractivity (Wildman–Crippen MR) is 54.6 cm³/mol. The smallest absolute Gasteiger partial charge is 0.423 e. The number of carbonyl (C=O) groups is 1. The van der Waals surface area contributed by atoms with Crippen molar-refractivity contribution in [2.75, 3.05) is 0 Å². The molecular formula is C9H13N2O4S-. The zero-order valence-electron chi connectivity index (χ0n) is 9.35. The zero-order valence-corrected chi connectivity index (χ0v) is 10.2. The summed E-state index contributed by atoms with van der Waals surface area (Å²) in [6.45, 7) is 4.70. The van der Waals surface area contributed by atoms with E-state index in [-0.39, 0.29) is 0 Å². The topological polar surface area (TPSA) is 93.5 Å². The third kappa shape index (κ3) is 2.71. The van der Waals surface area contributed by atoms with Gasteiger partial charge in [-0.3, -0.25) is 4.21 Å². The molecule has 0 radical (unpaired) electrons. The molecule has 0 N–H and O–H groups in total. The molecule has 0 aromatic rings. The Morgan fingerprint density at radius 2 is 2.06 bits per heavy atom. The molecule has 1 amide bonds. The lowest BCUT2D eigenvalue weighted by Gasteiger charge is -2.35. The molecule has 6 nitrogen and oxygen atoms in total. The normalized spacial score (nSPS) is 19.4. The molecule has 0 heterocycles. The summed E-state index contributed by atoms with van der Waals surface area (Å²) in [6, 6.07) is 1.86. The van der Waals surface area contributed by atoms with Gasteiger partial charge in [0.1, 0.15) is 6.07 Å². The maximum atomic E-state index is 11.6. The van der Waals surface area contributed by atoms with E-state index in [1.807, 2.05) is 6.07 Å². The van der Waals surface area contributed by atoms with Crippen LogP contribution in [0.15, 0.2) is 0 Å². The van der Waals surface area contributed by atoms with Crippen LogP contribution in [0.4, 0.5) is 4.79 Å². The maximum absolute atomic E-state index is 11.6. The molecule has 0 spiro atoms. The molecule has 1 aliphatic rings. The van der Waals surface area contributed by atoms with Crippen LogP contribution in [-0.2, 0) is 16.0 Å². The van der Waals surface area contributed by atoms with Gasteiger partial charge in [0.05, 0.1) is 16.8 Å². The first-order valence-electron chi connectivity index (χ1n) is 4.76. The van der Waals surface area contributed by atoms with Gasteiger partial charge in [-0.1, -0.05) is 0 Å². The molecule has 7 heteroatoms. The Morgan fingerprint density at radius 3 is 2.31 bits per heavy atom. The number of nitrogens with zero attached hydrogens (tertiary/aromatic N) is 2. The van der Waals surface area contributed by atoms with Crippen molar-refractivity contribution in [3.05, 3.63) is 0 Å². The summed E-state index contributed by atoms with van der Waals surface area (Å²) in [5, 5.41) is 8.73. The van der Waals surface area contributed by atoms with Gasteiger partial charge in [0.25, 0.3) is 0 Å². The molecule has 0 bridgehead atoms. The summed E-state index contributed by atoms with van der Waals surface area (Å²) in [7, 11) is 0. The second-order valence-corrected chi connectivity index (χ2v) is 5.46. The van der Waals surface area contributed by atoms with Gasteiger partial charge < -0.3 is 9.29 Å². The van der Waals surface area contributed by atoms with E-state index in [1.54, 1.807) is 20.8 Å². The monoisotopic (exact) mass is 245 g/mol. The first-order chi connectivity index (χ1) is 7.22. The molecule has 0 aromatic heterocycles. The molecular weight excluding hydrogens is 232 g/mol. The molecule has 1 aliphatic carbocycles. The molecule has 1 unspecified atom stereocenters. The Labute approximate surface area is 96.6 Å². The predicted octanol–water partition coefficient (Wildman–Crippen LogP) is 1.07. The Bertz CT molecular complexity index is 365. The number of nitriles is 1. The zero-order chi connectivity index (χ0) is 12.6. The second-order valence-electron chi connectivity index (χ2n) is 4.66. The highest BCUT2D eigenvalue weighted by Gasteiger charge is 2.49. The molecule has 0 aliphatic heterocycles. The van der Waals surface area contributed by atoms with Crippen molar-refractivity contribution in [1.82, 2.24) is 4.31 Å². The van der Waals surface area contributed by atoms with E-state index in [1.165, 1.54) is 0 Å². The van der Waals surface area contributed by atoms with Crippen LogP contribution in [0.25, 0.3) is 0 Å². The molecule has 1 atom stereocenters. The van der Waals surface area contributed by atoms with Gasteiger partial charge in [0, 0.05) is 12.8 Å². The van der Waals surface area contributed by atoms with Crippen molar-refractivity contribution in [3.63, 3.8) is 0 Å². The number of hydrogen-bond donors (Lipinski definition) is 0. The minimum Gasteiger partial charge on any atom is -0.755 e. The van der Waals surface area contributed by atoms with E-state index in [0.717, 1.165) is 0 Å². The van der Waals surface area contributed by atoms with E-state index < -0.39 is 28.5 Å². The van der Waals surface area contributed by atoms with Crippen LogP contribution in [0.2, 0.25) is 0 Å². The van der Waals surface area contributed by atoms with E-state index in [4.69, 9.17) is 10.00 Å². The number of hydrogen-bond acceptors (Lipinski definition) is 5. The summed E-state index contributed by atoms with van der Waals surface area (Å²) in [6.07, 6.45) is -0.0860. The lowest BCUT2D eigenvalue weighted by atomic mass is 10.1. The fourth-order valence-corrected chi connectivity index (χ4v) is 1.72. The molecule has 0 aromatic carbocycles. The highest BCUT2D eigenvalue weighted by Crippen LogP contribution is 2.39. The lowest BCUT2D eigenvalue weighted by molar-refractivity contribution is 0.0756. The van der Waals surface area contributed by atoms with Crippen LogP contribution < -0.4 is 0 Å². The minimum absolute atomic E-state index is 0.457. The van der Waals surface area contributed by atoms with Crippen LogP contribution >= 0.6 is 0 Å². The standard InChI is InChI=1S/C9H14N2O4S/c1-8(2,3)11(16(13)14)7(12)15-9(6-10)4-5-9/h4-5H2,1-3H3,(H,13,14)/p-1. The van der Waals surface area contributed by atoms with E-state index in [2.05, 4.69) is 0 Å². The summed E-state index contributed by atoms with van der Waals surface area (Å²) < 4.78 is 27.3. The Morgan fingerprint density at radius 1 is 1.56 bits per heavy atom. The van der Waals surface area contributed by atoms with Crippen LogP contribution in [-0.4, -0.2) is 30.3 Å². The first kappa shape index (κ1) is 12.9. The van der Waals surface area contributed by atoms with Crippen molar-refractivity contribution in [3.8, 4) is 6.07 Å². The van der Waals surface area contributed by atoms with Crippen LogP contribution in [0.1, 0.15) is 33.6 Å². The SMILES string of the molecule is CC(C)(C)N(C(=O)OC1(C#N)CC1)S(=O)[O-]. The van der Waals surface area contributed by atoms with Gasteiger partial charge >= 0.3 is 6.09 Å². The van der Waals surface area contributed by atoms with Crippen molar-refractivity contribution in [2.45, 2.75) is 44.8 Å². The van der Waals surface area contributed by atoms with Gasteiger partial charge in [0.15, 0.2) is 5.60 Å². The Balaban J connectivity index is 2.78. The Kier molecular flexibility index (Phi) is 3.26. The molecule has 90 valence electrons. The maximum Gasteiger partial charge on any atom is 0.423 e. The number of carbonyl (C=O) groups excluding carboxylic acids is 1. The summed E-state index contributed by atoms with van der Waals surface area (Å²) in [5.41, 5.74) is -2.02. The quantitative estimate of drug-likeness (QED) is 0.678. The number of rotatable bonds is 2. The molecule has 0 saturated heterocycles. The van der Waals surface area contributed by atoms with Gasteiger partial charge in [0.2, 0.25) is 0 Å². The fraction of sp³-hybridized carbons (Fsp3) is 0.778. The highest BCUT2D eigenvalue weighted by molar-refractivity contribution is 7.77. The highest BCUT2D eigenvalue weighted by atomic mass is 32.2. The molecule has 1 rings (SSSR count). The van der Waals surface area contributed by atoms with Gasteiger partial charge in [-0.15, -0.1) is 0 Å². The average molecular weight is 245 g/mol. The summed E-state index contributed by atoms with van der Waals surface area (Å²) in [4.78, 5) is 11.6.